The lowest BCUT2D eigenvalue weighted by atomic mass is 9.91. The molecule has 1 aromatic heterocycles. The molecule has 2 saturated heterocycles. The number of nitriles is 1. The van der Waals surface area contributed by atoms with Gasteiger partial charge < -0.3 is 20.1 Å². The minimum absolute atomic E-state index is 0.182. The lowest BCUT2D eigenvalue weighted by molar-refractivity contribution is -0.134. The zero-order valence-corrected chi connectivity index (χ0v) is 21.0. The van der Waals surface area contributed by atoms with E-state index in [9.17, 15) is 9.59 Å². The number of piperidine rings is 2. The van der Waals surface area contributed by atoms with Gasteiger partial charge in [0.15, 0.2) is 0 Å². The van der Waals surface area contributed by atoms with Gasteiger partial charge in [-0.2, -0.15) is 5.26 Å². The molecule has 0 radical (unpaired) electrons. The lowest BCUT2D eigenvalue weighted by Crippen LogP contribution is -2.52. The highest BCUT2D eigenvalue weighted by Gasteiger charge is 2.39. The Labute approximate surface area is 213 Å². The number of nitrogens with zero attached hydrogens (tertiary/aromatic N) is 5. The molecule has 5 rings (SSSR count). The largest absolute Gasteiger partial charge is 0.357 e. The maximum atomic E-state index is 13.5. The molecule has 0 spiro atoms. The molecule has 0 saturated carbocycles. The van der Waals surface area contributed by atoms with Crippen molar-refractivity contribution in [1.82, 2.24) is 25.6 Å². The third-order valence-corrected chi connectivity index (χ3v) is 8.37. The van der Waals surface area contributed by atoms with Crippen molar-refractivity contribution >= 4 is 18.1 Å². The smallest absolute Gasteiger partial charge is 0.245 e. The molecule has 192 valence electrons. The second kappa shape index (κ2) is 11.3. The fraction of sp³-hybridized carbons (Fsp3) is 0.630. The molecular weight excluding hydrogens is 454 g/mol. The topological polar surface area (TPSA) is 105 Å². The predicted octanol–water partition coefficient (Wildman–Crippen LogP) is 2.31. The molecule has 2 amide bonds. The zero-order valence-electron chi connectivity index (χ0n) is 21.0. The summed E-state index contributed by atoms with van der Waals surface area (Å²) in [4.78, 5) is 32.9. The third kappa shape index (κ3) is 5.34. The van der Waals surface area contributed by atoms with Gasteiger partial charge in [0.05, 0.1) is 11.6 Å². The Bertz CT molecular complexity index is 1020. The highest BCUT2D eigenvalue weighted by atomic mass is 16.2. The molecule has 4 heterocycles. The number of carbonyl (C=O) groups excluding carboxylic acids is 2. The second-order valence-electron chi connectivity index (χ2n) is 10.5. The van der Waals surface area contributed by atoms with E-state index in [1.807, 2.05) is 11.0 Å². The summed E-state index contributed by atoms with van der Waals surface area (Å²) in [7, 11) is 0. The minimum Gasteiger partial charge on any atom is -0.357 e. The van der Waals surface area contributed by atoms with E-state index < -0.39 is 0 Å². The second-order valence-corrected chi connectivity index (χ2v) is 10.5. The number of carbonyl (C=O) groups is 2. The molecule has 1 unspecified atom stereocenters. The van der Waals surface area contributed by atoms with Gasteiger partial charge in [0.1, 0.15) is 11.9 Å². The van der Waals surface area contributed by atoms with Gasteiger partial charge in [-0.1, -0.05) is 0 Å². The zero-order chi connectivity index (χ0) is 24.9. The van der Waals surface area contributed by atoms with Crippen LogP contribution < -0.4 is 15.6 Å². The Hall–Kier alpha value is -3.12. The Morgan fingerprint density at radius 3 is 2.69 bits per heavy atom. The van der Waals surface area contributed by atoms with E-state index in [-0.39, 0.29) is 18.0 Å². The molecule has 2 N–H and O–H groups in total. The van der Waals surface area contributed by atoms with Gasteiger partial charge in [0.25, 0.3) is 0 Å². The number of hydrazine groups is 1. The van der Waals surface area contributed by atoms with Gasteiger partial charge in [0.2, 0.25) is 12.3 Å². The van der Waals surface area contributed by atoms with Gasteiger partial charge in [-0.05, 0) is 81.4 Å². The van der Waals surface area contributed by atoms with Crippen LogP contribution in [0.5, 0.6) is 0 Å². The van der Waals surface area contributed by atoms with Gasteiger partial charge >= 0.3 is 0 Å². The van der Waals surface area contributed by atoms with Crippen LogP contribution in [0.1, 0.15) is 63.4 Å². The van der Waals surface area contributed by atoms with E-state index in [0.29, 0.717) is 24.6 Å². The number of aromatic nitrogens is 1. The number of likely N-dealkylation sites (tertiary alicyclic amines) is 1. The summed E-state index contributed by atoms with van der Waals surface area (Å²) in [5, 5.41) is 14.3. The molecule has 4 aliphatic rings. The van der Waals surface area contributed by atoms with Crippen LogP contribution in [-0.4, -0.2) is 72.0 Å². The van der Waals surface area contributed by atoms with Crippen LogP contribution in [-0.2, 0) is 9.59 Å². The van der Waals surface area contributed by atoms with E-state index >= 15 is 0 Å². The number of amides is 2. The molecule has 9 heteroatoms. The predicted molar refractivity (Wildman–Crippen MR) is 136 cm³/mol. The van der Waals surface area contributed by atoms with E-state index in [2.05, 4.69) is 31.7 Å². The summed E-state index contributed by atoms with van der Waals surface area (Å²) >= 11 is 0. The molecule has 9 nitrogen and oxygen atoms in total. The van der Waals surface area contributed by atoms with Gasteiger partial charge in [0, 0.05) is 50.7 Å². The first-order chi connectivity index (χ1) is 17.7. The molecule has 2 fully saturated rings. The maximum Gasteiger partial charge on any atom is 0.245 e. The van der Waals surface area contributed by atoms with Crippen molar-refractivity contribution < 1.29 is 9.59 Å². The molecule has 1 atom stereocenters. The first-order valence-electron chi connectivity index (χ1n) is 13.5. The number of rotatable bonds is 7. The van der Waals surface area contributed by atoms with Crippen LogP contribution >= 0.6 is 0 Å². The van der Waals surface area contributed by atoms with Crippen LogP contribution in [0.4, 0.5) is 5.82 Å². The first-order valence-corrected chi connectivity index (χ1v) is 13.5. The SMILES string of the molecule is N#Cc1ccnc(N2CCC(CCN3NC(C(=O)N4CCC(NC=O)CC4)C4=C3CCCC4)CC2)c1. The summed E-state index contributed by atoms with van der Waals surface area (Å²) in [6, 6.07) is 5.79. The van der Waals surface area contributed by atoms with Crippen molar-refractivity contribution in [3.8, 4) is 6.07 Å². The first kappa shape index (κ1) is 24.6. The quantitative estimate of drug-likeness (QED) is 0.564. The number of nitrogens with one attached hydrogen (secondary N) is 2. The van der Waals surface area contributed by atoms with Crippen molar-refractivity contribution in [2.24, 2.45) is 5.92 Å². The molecule has 3 aliphatic heterocycles. The Balaban J connectivity index is 1.14. The van der Waals surface area contributed by atoms with E-state index in [0.717, 1.165) is 83.2 Å². The molecular formula is C27H37N7O2. The van der Waals surface area contributed by atoms with Crippen molar-refractivity contribution in [2.45, 2.75) is 69.9 Å². The highest BCUT2D eigenvalue weighted by molar-refractivity contribution is 5.86. The molecule has 0 aromatic carbocycles. The molecule has 36 heavy (non-hydrogen) atoms. The minimum atomic E-state index is -0.226. The number of anilines is 1. The number of allylic oxidation sites excluding steroid dienone is 1. The standard InChI is InChI=1S/C27H37N7O2/c28-18-21-5-11-29-25(17-21)32-12-6-20(7-13-32)8-16-34-24-4-2-1-3-23(24)26(31-34)27(36)33-14-9-22(10-15-33)30-19-35/h5,11,17,19-20,22,26,31H,1-4,6-10,12-16H2,(H,30,35). The van der Waals surface area contributed by atoms with Crippen molar-refractivity contribution in [3.63, 3.8) is 0 Å². The number of pyridine rings is 1. The van der Waals surface area contributed by atoms with Crippen molar-refractivity contribution in [3.05, 3.63) is 35.2 Å². The fourth-order valence-corrected chi connectivity index (χ4v) is 6.22. The van der Waals surface area contributed by atoms with Crippen molar-refractivity contribution in [1.29, 1.82) is 5.26 Å². The van der Waals surface area contributed by atoms with Crippen LogP contribution in [0.25, 0.3) is 0 Å². The highest BCUT2D eigenvalue weighted by Crippen LogP contribution is 2.35. The van der Waals surface area contributed by atoms with Gasteiger partial charge in [-0.15, -0.1) is 0 Å². The number of hydrogen-bond donors (Lipinski definition) is 2. The molecule has 1 aliphatic carbocycles. The van der Waals surface area contributed by atoms with Crippen LogP contribution in [0, 0.1) is 17.2 Å². The third-order valence-electron chi connectivity index (χ3n) is 8.37. The maximum absolute atomic E-state index is 13.5. The monoisotopic (exact) mass is 491 g/mol. The van der Waals surface area contributed by atoms with Crippen LogP contribution in [0.2, 0.25) is 0 Å². The lowest BCUT2D eigenvalue weighted by Gasteiger charge is -2.35. The Kier molecular flexibility index (Phi) is 7.71. The average molecular weight is 492 g/mol. The fourth-order valence-electron chi connectivity index (χ4n) is 6.22. The van der Waals surface area contributed by atoms with E-state index in [1.165, 1.54) is 17.7 Å². The summed E-state index contributed by atoms with van der Waals surface area (Å²) < 4.78 is 0. The molecule has 1 aromatic rings. The summed E-state index contributed by atoms with van der Waals surface area (Å²) in [6.45, 7) is 4.26. The number of hydrogen-bond acceptors (Lipinski definition) is 7. The summed E-state index contributed by atoms with van der Waals surface area (Å²) in [5.41, 5.74) is 6.91. The Morgan fingerprint density at radius 2 is 1.94 bits per heavy atom. The molecule has 0 bridgehead atoms. The summed E-state index contributed by atoms with van der Waals surface area (Å²) in [5.74, 6) is 1.74. The summed E-state index contributed by atoms with van der Waals surface area (Å²) in [6.07, 6.45) is 11.9. The van der Waals surface area contributed by atoms with Crippen LogP contribution in [0.15, 0.2) is 29.6 Å². The van der Waals surface area contributed by atoms with Gasteiger partial charge in [-0.25, -0.2) is 10.4 Å². The average Bonchev–Trinajstić information content (AvgIpc) is 3.31. The van der Waals surface area contributed by atoms with Crippen molar-refractivity contribution in [2.75, 3.05) is 37.6 Å². The van der Waals surface area contributed by atoms with E-state index in [4.69, 9.17) is 5.26 Å². The Morgan fingerprint density at radius 1 is 1.17 bits per heavy atom. The van der Waals surface area contributed by atoms with Gasteiger partial charge in [-0.3, -0.25) is 9.59 Å². The van der Waals surface area contributed by atoms with E-state index in [1.54, 1.807) is 12.3 Å². The normalized spacial score (nSPS) is 23.4. The van der Waals surface area contributed by atoms with Crippen LogP contribution in [0.3, 0.4) is 0 Å².